The highest BCUT2D eigenvalue weighted by molar-refractivity contribution is 5.79. The second-order valence-electron chi connectivity index (χ2n) is 6.68. The molecule has 0 bridgehead atoms. The Kier molecular flexibility index (Phi) is 3.65. The SMILES string of the molecule is CC(C)c1nnc(CNC(=O)C2CC(C)(C)C2)n1C. The van der Waals surface area contributed by atoms with Crippen LogP contribution in [-0.2, 0) is 18.4 Å². The van der Waals surface area contributed by atoms with Crippen LogP contribution in [0.2, 0.25) is 0 Å². The van der Waals surface area contributed by atoms with Gasteiger partial charge in [0.25, 0.3) is 0 Å². The van der Waals surface area contributed by atoms with Crippen molar-refractivity contribution in [1.82, 2.24) is 20.1 Å². The van der Waals surface area contributed by atoms with Crippen LogP contribution in [0, 0.1) is 11.3 Å². The fraction of sp³-hybridized carbons (Fsp3) is 0.786. The van der Waals surface area contributed by atoms with Crippen molar-refractivity contribution in [1.29, 1.82) is 0 Å². The summed E-state index contributed by atoms with van der Waals surface area (Å²) in [6, 6.07) is 0. The topological polar surface area (TPSA) is 59.8 Å². The van der Waals surface area contributed by atoms with Gasteiger partial charge in [0.1, 0.15) is 5.82 Å². The van der Waals surface area contributed by atoms with Gasteiger partial charge >= 0.3 is 0 Å². The summed E-state index contributed by atoms with van der Waals surface area (Å²) in [5.74, 6) is 2.43. The first kappa shape index (κ1) is 14.0. The van der Waals surface area contributed by atoms with Crippen molar-refractivity contribution in [3.63, 3.8) is 0 Å². The predicted molar refractivity (Wildman–Crippen MR) is 73.4 cm³/mol. The van der Waals surface area contributed by atoms with Gasteiger partial charge in [0.05, 0.1) is 6.54 Å². The maximum atomic E-state index is 12.0. The molecule has 1 fully saturated rings. The molecule has 1 aromatic heterocycles. The fourth-order valence-electron chi connectivity index (χ4n) is 2.80. The summed E-state index contributed by atoms with van der Waals surface area (Å²) in [4.78, 5) is 12.0. The summed E-state index contributed by atoms with van der Waals surface area (Å²) < 4.78 is 1.97. The normalized spacial score (nSPS) is 18.4. The average molecular weight is 264 g/mol. The minimum atomic E-state index is 0.147. The molecule has 0 aliphatic heterocycles. The molecule has 1 saturated carbocycles. The molecule has 0 unspecified atom stereocenters. The van der Waals surface area contributed by atoms with Crippen LogP contribution in [0.5, 0.6) is 0 Å². The van der Waals surface area contributed by atoms with Crippen LogP contribution in [0.1, 0.15) is 58.1 Å². The highest BCUT2D eigenvalue weighted by atomic mass is 16.1. The number of nitrogens with zero attached hydrogens (tertiary/aromatic N) is 3. The summed E-state index contributed by atoms with van der Waals surface area (Å²) in [6.07, 6.45) is 1.96. The number of amides is 1. The zero-order chi connectivity index (χ0) is 14.2. The summed E-state index contributed by atoms with van der Waals surface area (Å²) in [5, 5.41) is 11.3. The predicted octanol–water partition coefficient (Wildman–Crippen LogP) is 1.99. The van der Waals surface area contributed by atoms with Crippen molar-refractivity contribution in [2.45, 2.75) is 53.0 Å². The quantitative estimate of drug-likeness (QED) is 0.904. The average Bonchev–Trinajstić information content (AvgIpc) is 2.64. The fourth-order valence-corrected chi connectivity index (χ4v) is 2.80. The third kappa shape index (κ3) is 2.96. The molecular weight excluding hydrogens is 240 g/mol. The van der Waals surface area contributed by atoms with Gasteiger partial charge in [-0.2, -0.15) is 0 Å². The second-order valence-corrected chi connectivity index (χ2v) is 6.68. The molecule has 0 spiro atoms. The highest BCUT2D eigenvalue weighted by Gasteiger charge is 2.40. The number of rotatable bonds is 4. The molecule has 1 aliphatic rings. The first-order valence-corrected chi connectivity index (χ1v) is 6.96. The molecular formula is C14H24N4O. The number of aromatic nitrogens is 3. The van der Waals surface area contributed by atoms with Crippen molar-refractivity contribution in [2.75, 3.05) is 0 Å². The molecule has 1 N–H and O–H groups in total. The van der Waals surface area contributed by atoms with E-state index in [2.05, 4.69) is 43.2 Å². The number of nitrogens with one attached hydrogen (secondary N) is 1. The van der Waals surface area contributed by atoms with Crippen LogP contribution in [-0.4, -0.2) is 20.7 Å². The third-order valence-corrected chi connectivity index (χ3v) is 3.90. The van der Waals surface area contributed by atoms with E-state index >= 15 is 0 Å². The molecule has 0 atom stereocenters. The van der Waals surface area contributed by atoms with Gasteiger partial charge in [0.2, 0.25) is 5.91 Å². The lowest BCUT2D eigenvalue weighted by Gasteiger charge is -2.41. The largest absolute Gasteiger partial charge is 0.349 e. The Morgan fingerprint density at radius 3 is 2.53 bits per heavy atom. The minimum Gasteiger partial charge on any atom is -0.349 e. The standard InChI is InChI=1S/C14H24N4O/c1-9(2)12-17-16-11(18(12)5)8-15-13(19)10-6-14(3,4)7-10/h9-10H,6-8H2,1-5H3,(H,15,19). The molecule has 1 aliphatic carbocycles. The van der Waals surface area contributed by atoms with E-state index in [9.17, 15) is 4.79 Å². The molecule has 0 radical (unpaired) electrons. The molecule has 5 nitrogen and oxygen atoms in total. The van der Waals surface area contributed by atoms with E-state index in [4.69, 9.17) is 0 Å². The molecule has 1 heterocycles. The van der Waals surface area contributed by atoms with Crippen molar-refractivity contribution >= 4 is 5.91 Å². The smallest absolute Gasteiger partial charge is 0.223 e. The van der Waals surface area contributed by atoms with E-state index in [1.807, 2.05) is 11.6 Å². The molecule has 106 valence electrons. The Balaban J connectivity index is 1.88. The number of hydrogen-bond acceptors (Lipinski definition) is 3. The van der Waals surface area contributed by atoms with Gasteiger partial charge in [0, 0.05) is 18.9 Å². The molecule has 5 heteroatoms. The summed E-state index contributed by atoms with van der Waals surface area (Å²) in [5.41, 5.74) is 0.331. The minimum absolute atomic E-state index is 0.147. The molecule has 0 aromatic carbocycles. The van der Waals surface area contributed by atoms with E-state index in [1.165, 1.54) is 0 Å². The number of carbonyl (C=O) groups excluding carboxylic acids is 1. The Morgan fingerprint density at radius 1 is 1.42 bits per heavy atom. The monoisotopic (exact) mass is 264 g/mol. The van der Waals surface area contributed by atoms with Crippen LogP contribution in [0.15, 0.2) is 0 Å². The maximum absolute atomic E-state index is 12.0. The van der Waals surface area contributed by atoms with E-state index in [0.29, 0.717) is 17.9 Å². The highest BCUT2D eigenvalue weighted by Crippen LogP contribution is 2.44. The van der Waals surface area contributed by atoms with E-state index in [-0.39, 0.29) is 11.8 Å². The zero-order valence-electron chi connectivity index (χ0n) is 12.5. The molecule has 1 amide bonds. The Morgan fingerprint density at radius 2 is 2.05 bits per heavy atom. The maximum Gasteiger partial charge on any atom is 0.223 e. The van der Waals surface area contributed by atoms with Gasteiger partial charge in [-0.3, -0.25) is 4.79 Å². The second kappa shape index (κ2) is 4.94. The van der Waals surface area contributed by atoms with Gasteiger partial charge in [-0.1, -0.05) is 27.7 Å². The first-order valence-electron chi connectivity index (χ1n) is 6.96. The van der Waals surface area contributed by atoms with Crippen LogP contribution in [0.4, 0.5) is 0 Å². The lowest BCUT2D eigenvalue weighted by molar-refractivity contribution is -0.131. The van der Waals surface area contributed by atoms with Crippen LogP contribution < -0.4 is 5.32 Å². The van der Waals surface area contributed by atoms with Gasteiger partial charge in [-0.25, -0.2) is 0 Å². The van der Waals surface area contributed by atoms with Gasteiger partial charge in [-0.15, -0.1) is 10.2 Å². The van der Waals surface area contributed by atoms with Crippen LogP contribution >= 0.6 is 0 Å². The molecule has 19 heavy (non-hydrogen) atoms. The van der Waals surface area contributed by atoms with Crippen molar-refractivity contribution < 1.29 is 4.79 Å². The van der Waals surface area contributed by atoms with Crippen molar-refractivity contribution in [3.8, 4) is 0 Å². The lowest BCUT2D eigenvalue weighted by atomic mass is 9.64. The first-order chi connectivity index (χ1) is 8.80. The van der Waals surface area contributed by atoms with Gasteiger partial charge in [0.15, 0.2) is 5.82 Å². The van der Waals surface area contributed by atoms with E-state index < -0.39 is 0 Å². The van der Waals surface area contributed by atoms with Gasteiger partial charge in [-0.05, 0) is 18.3 Å². The molecule has 1 aromatic rings. The van der Waals surface area contributed by atoms with E-state index in [0.717, 1.165) is 24.5 Å². The summed E-state index contributed by atoms with van der Waals surface area (Å²) in [7, 11) is 1.95. The van der Waals surface area contributed by atoms with Crippen LogP contribution in [0.25, 0.3) is 0 Å². The lowest BCUT2D eigenvalue weighted by Crippen LogP contribution is -2.42. The van der Waals surface area contributed by atoms with Crippen molar-refractivity contribution in [2.24, 2.45) is 18.4 Å². The molecule has 0 saturated heterocycles. The van der Waals surface area contributed by atoms with Crippen LogP contribution in [0.3, 0.4) is 0 Å². The van der Waals surface area contributed by atoms with Gasteiger partial charge < -0.3 is 9.88 Å². The van der Waals surface area contributed by atoms with Crippen molar-refractivity contribution in [3.05, 3.63) is 11.6 Å². The third-order valence-electron chi connectivity index (χ3n) is 3.90. The summed E-state index contributed by atoms with van der Waals surface area (Å²) >= 11 is 0. The Labute approximate surface area is 114 Å². The Hall–Kier alpha value is -1.39. The molecule has 2 rings (SSSR count). The number of hydrogen-bond donors (Lipinski definition) is 1. The summed E-state index contributed by atoms with van der Waals surface area (Å²) in [6.45, 7) is 9.04. The number of carbonyl (C=O) groups is 1. The zero-order valence-corrected chi connectivity index (χ0v) is 12.5. The Bertz CT molecular complexity index is 468. The van der Waals surface area contributed by atoms with E-state index in [1.54, 1.807) is 0 Å².